The zero-order valence-electron chi connectivity index (χ0n) is 20.6. The summed E-state index contributed by atoms with van der Waals surface area (Å²) in [6, 6.07) is -0.195. The van der Waals surface area contributed by atoms with Gasteiger partial charge in [-0.05, 0) is 76.0 Å². The van der Waals surface area contributed by atoms with E-state index >= 15 is 0 Å². The normalized spacial score (nSPS) is 31.9. The number of carbonyl (C=O) groups excluding carboxylic acids is 1. The molecule has 2 aliphatic heterocycles. The lowest BCUT2D eigenvalue weighted by molar-refractivity contribution is -0.116. The van der Waals surface area contributed by atoms with Crippen molar-refractivity contribution in [3.63, 3.8) is 0 Å². The number of fused-ring (bicyclic) bond motifs is 2. The molecule has 1 aromatic heterocycles. The summed E-state index contributed by atoms with van der Waals surface area (Å²) in [6.45, 7) is 10.4. The summed E-state index contributed by atoms with van der Waals surface area (Å²) in [5.74, 6) is 0.299. The van der Waals surface area contributed by atoms with E-state index in [1.807, 2.05) is 43.5 Å². The molecule has 0 unspecified atom stereocenters. The predicted molar refractivity (Wildman–Crippen MR) is 141 cm³/mol. The summed E-state index contributed by atoms with van der Waals surface area (Å²) in [5.41, 5.74) is 2.96. The van der Waals surface area contributed by atoms with Gasteiger partial charge in [-0.1, -0.05) is 49.5 Å². The van der Waals surface area contributed by atoms with E-state index < -0.39 is 6.10 Å². The summed E-state index contributed by atoms with van der Waals surface area (Å²) < 4.78 is 6.25. The molecule has 2 aliphatic rings. The number of aromatic nitrogens is 1. The number of aliphatic hydroxyl groups is 1. The van der Waals surface area contributed by atoms with Crippen molar-refractivity contribution in [3.05, 3.63) is 70.3 Å². The van der Waals surface area contributed by atoms with Gasteiger partial charge in [0.25, 0.3) is 0 Å². The van der Waals surface area contributed by atoms with Crippen molar-refractivity contribution in [2.75, 3.05) is 0 Å². The summed E-state index contributed by atoms with van der Waals surface area (Å²) in [4.78, 5) is 17.2. The first-order valence-corrected chi connectivity index (χ1v) is 13.1. The van der Waals surface area contributed by atoms with Crippen molar-refractivity contribution < 1.29 is 14.6 Å². The molecule has 34 heavy (non-hydrogen) atoms. The van der Waals surface area contributed by atoms with Gasteiger partial charge < -0.3 is 15.2 Å². The van der Waals surface area contributed by atoms with Crippen LogP contribution in [0.2, 0.25) is 0 Å². The van der Waals surface area contributed by atoms with E-state index in [-0.39, 0.29) is 24.2 Å². The Balaban J connectivity index is 1.76. The smallest absolute Gasteiger partial charge is 0.244 e. The van der Waals surface area contributed by atoms with Crippen LogP contribution < -0.4 is 5.32 Å². The zero-order valence-corrected chi connectivity index (χ0v) is 21.4. The van der Waals surface area contributed by atoms with Gasteiger partial charge in [-0.15, -0.1) is 11.3 Å². The van der Waals surface area contributed by atoms with Crippen LogP contribution in [-0.2, 0) is 9.53 Å². The van der Waals surface area contributed by atoms with Crippen LogP contribution in [0.5, 0.6) is 0 Å². The SMILES string of the molecule is C=C1C[C@H](C)C[C@@H]2CC=C[C@@H](C/C=C/C(=O)N[C@H](/C(C)=C/c3csc(C)n3)C/C=C/[C@@H](O)C1)O2. The molecular weight excluding hydrogens is 444 g/mol. The van der Waals surface area contributed by atoms with Gasteiger partial charge in [-0.3, -0.25) is 4.79 Å². The number of amides is 1. The standard InChI is InChI=1S/C28H38N2O3S/c1-19-14-20(2)16-26-11-6-9-25(33-26)10-7-13-28(32)30-27(12-5-8-24(31)15-19)21(3)17-23-18-34-22(4)29-23/h5-9,13,17-18,20,24-27,31H,1,10-12,14-16H2,2-4H3,(H,30,32)/b8-5+,13-7+,21-17+/t20-,24+,25-,26-,27-/m0/s1. The topological polar surface area (TPSA) is 71.5 Å². The first-order valence-electron chi connectivity index (χ1n) is 12.2. The molecule has 0 spiro atoms. The minimum Gasteiger partial charge on any atom is -0.389 e. The molecule has 2 bridgehead atoms. The summed E-state index contributed by atoms with van der Waals surface area (Å²) >= 11 is 1.60. The van der Waals surface area contributed by atoms with Crippen molar-refractivity contribution in [1.29, 1.82) is 0 Å². The molecule has 0 aromatic carbocycles. The Kier molecular flexibility index (Phi) is 10.1. The minimum absolute atomic E-state index is 0.00725. The van der Waals surface area contributed by atoms with Crippen molar-refractivity contribution in [2.45, 2.75) is 83.6 Å². The maximum absolute atomic E-state index is 12.7. The highest BCUT2D eigenvalue weighted by Crippen LogP contribution is 2.26. The first-order chi connectivity index (χ1) is 16.3. The Morgan fingerprint density at radius 1 is 1.24 bits per heavy atom. The highest BCUT2D eigenvalue weighted by molar-refractivity contribution is 7.09. The van der Waals surface area contributed by atoms with Gasteiger partial charge in [0.15, 0.2) is 0 Å². The van der Waals surface area contributed by atoms with Crippen LogP contribution in [0.15, 0.2) is 59.6 Å². The molecule has 0 saturated carbocycles. The average Bonchev–Trinajstić information content (AvgIpc) is 3.16. The second-order valence-corrected chi connectivity index (χ2v) is 10.6. The third-order valence-electron chi connectivity index (χ3n) is 6.16. The lowest BCUT2D eigenvalue weighted by atomic mass is 9.91. The lowest BCUT2D eigenvalue weighted by Crippen LogP contribution is -2.34. The Morgan fingerprint density at radius 2 is 2.03 bits per heavy atom. The number of hydrogen-bond donors (Lipinski definition) is 2. The van der Waals surface area contributed by atoms with Gasteiger partial charge in [0.2, 0.25) is 5.91 Å². The number of carbonyl (C=O) groups is 1. The minimum atomic E-state index is -0.585. The lowest BCUT2D eigenvalue weighted by Gasteiger charge is -2.28. The average molecular weight is 483 g/mol. The van der Waals surface area contributed by atoms with E-state index in [1.54, 1.807) is 17.4 Å². The van der Waals surface area contributed by atoms with Gasteiger partial charge in [0.05, 0.1) is 35.1 Å². The molecule has 2 N–H and O–H groups in total. The third kappa shape index (κ3) is 8.82. The van der Waals surface area contributed by atoms with Crippen molar-refractivity contribution >= 4 is 23.3 Å². The molecule has 3 heterocycles. The fraction of sp³-hybridized carbons (Fsp3) is 0.500. The number of rotatable bonds is 2. The van der Waals surface area contributed by atoms with E-state index in [2.05, 4.69) is 36.0 Å². The molecule has 1 aromatic rings. The molecule has 6 heteroatoms. The first kappa shape index (κ1) is 26.3. The molecule has 0 radical (unpaired) electrons. The maximum atomic E-state index is 12.7. The van der Waals surface area contributed by atoms with Gasteiger partial charge in [0, 0.05) is 5.38 Å². The number of aryl methyl sites for hydroxylation is 1. The number of ether oxygens (including phenoxy) is 1. The van der Waals surface area contributed by atoms with E-state index in [9.17, 15) is 9.90 Å². The van der Waals surface area contributed by atoms with E-state index in [4.69, 9.17) is 4.74 Å². The third-order valence-corrected chi connectivity index (χ3v) is 6.95. The van der Waals surface area contributed by atoms with Crippen LogP contribution >= 0.6 is 11.3 Å². The van der Waals surface area contributed by atoms with Crippen LogP contribution in [0.4, 0.5) is 0 Å². The molecule has 184 valence electrons. The van der Waals surface area contributed by atoms with Crippen LogP contribution in [0.1, 0.15) is 63.1 Å². The van der Waals surface area contributed by atoms with Crippen molar-refractivity contribution in [3.8, 4) is 0 Å². The molecular formula is C28H38N2O3S. The van der Waals surface area contributed by atoms with Crippen LogP contribution in [-0.4, -0.2) is 40.4 Å². The molecule has 5 nitrogen and oxygen atoms in total. The van der Waals surface area contributed by atoms with Gasteiger partial charge in [0.1, 0.15) is 0 Å². The van der Waals surface area contributed by atoms with E-state index in [0.717, 1.165) is 41.1 Å². The highest BCUT2D eigenvalue weighted by Gasteiger charge is 2.21. The summed E-state index contributed by atoms with van der Waals surface area (Å²) in [7, 11) is 0. The highest BCUT2D eigenvalue weighted by atomic mass is 32.1. The number of hydrogen-bond acceptors (Lipinski definition) is 5. The van der Waals surface area contributed by atoms with Crippen LogP contribution in [0.3, 0.4) is 0 Å². The second kappa shape index (κ2) is 13.0. The molecule has 0 aliphatic carbocycles. The second-order valence-electron chi connectivity index (χ2n) is 9.57. The zero-order chi connectivity index (χ0) is 24.5. The largest absolute Gasteiger partial charge is 0.389 e. The Labute approximate surface area is 208 Å². The van der Waals surface area contributed by atoms with Crippen molar-refractivity contribution in [2.24, 2.45) is 5.92 Å². The molecule has 1 amide bonds. The van der Waals surface area contributed by atoms with Crippen LogP contribution in [0.25, 0.3) is 6.08 Å². The van der Waals surface area contributed by atoms with Crippen LogP contribution in [0, 0.1) is 12.8 Å². The maximum Gasteiger partial charge on any atom is 0.244 e. The fourth-order valence-electron chi connectivity index (χ4n) is 4.53. The number of nitrogens with zero attached hydrogens (tertiary/aromatic N) is 1. The molecule has 0 fully saturated rings. The Morgan fingerprint density at radius 3 is 2.79 bits per heavy atom. The quantitative estimate of drug-likeness (QED) is 0.532. The van der Waals surface area contributed by atoms with E-state index in [1.165, 1.54) is 0 Å². The van der Waals surface area contributed by atoms with Gasteiger partial charge in [-0.25, -0.2) is 4.98 Å². The fourth-order valence-corrected chi connectivity index (χ4v) is 5.10. The molecule has 5 atom stereocenters. The van der Waals surface area contributed by atoms with Crippen molar-refractivity contribution in [1.82, 2.24) is 10.3 Å². The number of nitrogens with one attached hydrogen (secondary N) is 1. The summed E-state index contributed by atoms with van der Waals surface area (Å²) in [6.07, 6.45) is 17.7. The summed E-state index contributed by atoms with van der Waals surface area (Å²) in [5, 5.41) is 16.6. The van der Waals surface area contributed by atoms with Gasteiger partial charge >= 0.3 is 0 Å². The Bertz CT molecular complexity index is 959. The molecule has 3 rings (SSSR count). The monoisotopic (exact) mass is 482 g/mol. The van der Waals surface area contributed by atoms with Gasteiger partial charge in [-0.2, -0.15) is 0 Å². The van der Waals surface area contributed by atoms with E-state index in [0.29, 0.717) is 25.2 Å². The number of aliphatic hydroxyl groups excluding tert-OH is 1. The predicted octanol–water partition coefficient (Wildman–Crippen LogP) is 5.68. The Hall–Kier alpha value is -2.28. The number of thiazole rings is 1. The molecule has 0 saturated heterocycles.